The molecule has 0 radical (unpaired) electrons. The third-order valence-electron chi connectivity index (χ3n) is 2.47. The topological polar surface area (TPSA) is 55.1 Å². The molecule has 1 N–H and O–H groups in total. The van der Waals surface area contributed by atoms with Gasteiger partial charge >= 0.3 is 5.97 Å². The molecule has 0 aliphatic rings. The van der Waals surface area contributed by atoms with Crippen molar-refractivity contribution in [1.29, 1.82) is 0 Å². The van der Waals surface area contributed by atoms with Crippen molar-refractivity contribution in [2.45, 2.75) is 19.8 Å². The zero-order valence-corrected chi connectivity index (χ0v) is 10.8. The van der Waals surface area contributed by atoms with E-state index in [-0.39, 0.29) is 5.92 Å². The Morgan fingerprint density at radius 2 is 2.24 bits per heavy atom. The molecule has 2 aromatic rings. The van der Waals surface area contributed by atoms with Crippen molar-refractivity contribution in [3.8, 4) is 10.6 Å². The molecule has 5 heteroatoms. The lowest BCUT2D eigenvalue weighted by Crippen LogP contribution is -2.00. The number of thiazole rings is 1. The van der Waals surface area contributed by atoms with Crippen LogP contribution in [0.15, 0.2) is 18.5 Å². The number of carbonyl (C=O) groups is 1. The van der Waals surface area contributed by atoms with Gasteiger partial charge in [0.25, 0.3) is 0 Å². The molecule has 0 bridgehead atoms. The van der Waals surface area contributed by atoms with Crippen LogP contribution in [0.3, 0.4) is 0 Å². The number of rotatable bonds is 3. The summed E-state index contributed by atoms with van der Waals surface area (Å²) < 4.78 is 1.92. The van der Waals surface area contributed by atoms with Crippen LogP contribution in [0.25, 0.3) is 10.6 Å². The molecule has 2 rings (SSSR count). The van der Waals surface area contributed by atoms with Gasteiger partial charge in [0.2, 0.25) is 0 Å². The highest BCUT2D eigenvalue weighted by atomic mass is 32.1. The molecule has 0 spiro atoms. The number of aromatic nitrogens is 2. The first-order valence-corrected chi connectivity index (χ1v) is 6.17. The predicted octanol–water partition coefficient (Wildman–Crippen LogP) is 2.97. The van der Waals surface area contributed by atoms with Crippen molar-refractivity contribution in [2.24, 2.45) is 7.05 Å². The first kappa shape index (κ1) is 11.9. The Labute approximate surface area is 104 Å². The summed E-state index contributed by atoms with van der Waals surface area (Å²) in [6.45, 7) is 3.91. The van der Waals surface area contributed by atoms with Gasteiger partial charge in [-0.25, -0.2) is 9.78 Å². The number of aryl methyl sites for hydroxylation is 1. The number of aromatic carboxylic acids is 1. The number of nitrogens with zero attached hydrogens (tertiary/aromatic N) is 2. The summed E-state index contributed by atoms with van der Waals surface area (Å²) in [6.07, 6.45) is 3.86. The second-order valence-electron chi connectivity index (χ2n) is 4.26. The minimum atomic E-state index is -0.895. The Morgan fingerprint density at radius 3 is 2.65 bits per heavy atom. The predicted molar refractivity (Wildman–Crippen MR) is 67.6 cm³/mol. The van der Waals surface area contributed by atoms with Gasteiger partial charge in [0.05, 0.1) is 5.69 Å². The Hall–Kier alpha value is -1.62. The average molecular weight is 250 g/mol. The van der Waals surface area contributed by atoms with E-state index in [4.69, 9.17) is 5.11 Å². The SMILES string of the molecule is CC(C)c1nc(-c2ccn(C)c2)sc1C(=O)O. The Bertz CT molecular complexity index is 555. The van der Waals surface area contributed by atoms with E-state index in [1.165, 1.54) is 11.3 Å². The van der Waals surface area contributed by atoms with Crippen LogP contribution in [0.1, 0.15) is 35.1 Å². The lowest BCUT2D eigenvalue weighted by atomic mass is 10.1. The van der Waals surface area contributed by atoms with Gasteiger partial charge in [0, 0.05) is 25.0 Å². The van der Waals surface area contributed by atoms with Crippen LogP contribution in [0, 0.1) is 0 Å². The average Bonchev–Trinajstić information content (AvgIpc) is 2.82. The summed E-state index contributed by atoms with van der Waals surface area (Å²) in [4.78, 5) is 15.9. The molecule has 0 unspecified atom stereocenters. The van der Waals surface area contributed by atoms with Crippen LogP contribution in [0.4, 0.5) is 0 Å². The molecule has 90 valence electrons. The molecule has 0 fully saturated rings. The number of carboxylic acids is 1. The third kappa shape index (κ3) is 2.24. The van der Waals surface area contributed by atoms with Crippen LogP contribution in [-0.4, -0.2) is 20.6 Å². The van der Waals surface area contributed by atoms with Crippen molar-refractivity contribution < 1.29 is 9.90 Å². The summed E-state index contributed by atoms with van der Waals surface area (Å²) in [5, 5.41) is 9.92. The molecular formula is C12H14N2O2S. The first-order valence-electron chi connectivity index (χ1n) is 5.35. The number of hydrogen-bond donors (Lipinski definition) is 1. The van der Waals surface area contributed by atoms with E-state index in [9.17, 15) is 4.79 Å². The monoisotopic (exact) mass is 250 g/mol. The molecule has 0 saturated heterocycles. The van der Waals surface area contributed by atoms with E-state index >= 15 is 0 Å². The maximum Gasteiger partial charge on any atom is 0.347 e. The van der Waals surface area contributed by atoms with Gasteiger partial charge in [-0.3, -0.25) is 0 Å². The first-order chi connectivity index (χ1) is 7.99. The fourth-order valence-electron chi connectivity index (χ4n) is 1.63. The normalized spacial score (nSPS) is 11.1. The molecule has 0 aliphatic carbocycles. The molecule has 0 atom stereocenters. The summed E-state index contributed by atoms with van der Waals surface area (Å²) in [5.74, 6) is -0.775. The fourth-order valence-corrected chi connectivity index (χ4v) is 2.68. The zero-order valence-electron chi connectivity index (χ0n) is 9.97. The van der Waals surface area contributed by atoms with Gasteiger partial charge in [0.1, 0.15) is 9.88 Å². The van der Waals surface area contributed by atoms with E-state index < -0.39 is 5.97 Å². The van der Waals surface area contributed by atoms with Crippen LogP contribution in [-0.2, 0) is 7.05 Å². The van der Waals surface area contributed by atoms with Crippen LogP contribution < -0.4 is 0 Å². The van der Waals surface area contributed by atoms with Crippen LogP contribution in [0.2, 0.25) is 0 Å². The van der Waals surface area contributed by atoms with Crippen molar-refractivity contribution >= 4 is 17.3 Å². The zero-order chi connectivity index (χ0) is 12.6. The van der Waals surface area contributed by atoms with Gasteiger partial charge < -0.3 is 9.67 Å². The van der Waals surface area contributed by atoms with E-state index in [1.807, 2.05) is 43.9 Å². The van der Waals surface area contributed by atoms with Crippen molar-refractivity contribution in [3.05, 3.63) is 29.0 Å². The molecular weight excluding hydrogens is 236 g/mol. The lowest BCUT2D eigenvalue weighted by Gasteiger charge is -2.00. The molecule has 2 aromatic heterocycles. The smallest absolute Gasteiger partial charge is 0.347 e. The van der Waals surface area contributed by atoms with Crippen LogP contribution >= 0.6 is 11.3 Å². The molecule has 17 heavy (non-hydrogen) atoms. The Kier molecular flexibility index (Phi) is 3.02. The van der Waals surface area contributed by atoms with E-state index in [1.54, 1.807) is 0 Å². The standard InChI is InChI=1S/C12H14N2O2S/c1-7(2)9-10(12(15)16)17-11(13-9)8-4-5-14(3)6-8/h4-7H,1-3H3,(H,15,16). The van der Waals surface area contributed by atoms with Crippen LogP contribution in [0.5, 0.6) is 0 Å². The maximum atomic E-state index is 11.1. The molecule has 0 aliphatic heterocycles. The van der Waals surface area contributed by atoms with E-state index in [0.29, 0.717) is 10.6 Å². The molecule has 0 amide bonds. The molecule has 0 saturated carbocycles. The van der Waals surface area contributed by atoms with Crippen molar-refractivity contribution in [1.82, 2.24) is 9.55 Å². The minimum Gasteiger partial charge on any atom is -0.477 e. The summed E-state index contributed by atoms with van der Waals surface area (Å²) in [5.41, 5.74) is 1.63. The lowest BCUT2D eigenvalue weighted by molar-refractivity contribution is 0.0700. The highest BCUT2D eigenvalue weighted by Crippen LogP contribution is 2.31. The van der Waals surface area contributed by atoms with E-state index in [2.05, 4.69) is 4.98 Å². The van der Waals surface area contributed by atoms with Gasteiger partial charge in [-0.15, -0.1) is 11.3 Å². The van der Waals surface area contributed by atoms with Gasteiger partial charge in [-0.1, -0.05) is 13.8 Å². The number of carboxylic acid groups (broad SMARTS) is 1. The quantitative estimate of drug-likeness (QED) is 0.911. The highest BCUT2D eigenvalue weighted by molar-refractivity contribution is 7.17. The molecule has 2 heterocycles. The fraction of sp³-hybridized carbons (Fsp3) is 0.333. The highest BCUT2D eigenvalue weighted by Gasteiger charge is 2.20. The second kappa shape index (κ2) is 4.33. The largest absolute Gasteiger partial charge is 0.477 e. The van der Waals surface area contributed by atoms with E-state index in [0.717, 1.165) is 10.6 Å². The van der Waals surface area contributed by atoms with Gasteiger partial charge in [-0.2, -0.15) is 0 Å². The van der Waals surface area contributed by atoms with Gasteiger partial charge in [-0.05, 0) is 12.0 Å². The minimum absolute atomic E-state index is 0.120. The summed E-state index contributed by atoms with van der Waals surface area (Å²) in [6, 6.07) is 1.94. The van der Waals surface area contributed by atoms with Gasteiger partial charge in [0.15, 0.2) is 0 Å². The maximum absolute atomic E-state index is 11.1. The third-order valence-corrected chi connectivity index (χ3v) is 3.58. The Morgan fingerprint density at radius 1 is 1.53 bits per heavy atom. The second-order valence-corrected chi connectivity index (χ2v) is 5.26. The molecule has 4 nitrogen and oxygen atoms in total. The van der Waals surface area contributed by atoms with Crippen molar-refractivity contribution in [3.63, 3.8) is 0 Å². The molecule has 0 aromatic carbocycles. The van der Waals surface area contributed by atoms with Crippen molar-refractivity contribution in [2.75, 3.05) is 0 Å². The summed E-state index contributed by atoms with van der Waals surface area (Å²) >= 11 is 1.24. The number of hydrogen-bond acceptors (Lipinski definition) is 3. The Balaban J connectivity index is 2.50. The summed E-state index contributed by atoms with van der Waals surface area (Å²) in [7, 11) is 1.93.